The Balaban J connectivity index is 2.02. The Morgan fingerprint density at radius 1 is 1.38 bits per heavy atom. The van der Waals surface area contributed by atoms with Gasteiger partial charge in [0.15, 0.2) is 11.8 Å². The summed E-state index contributed by atoms with van der Waals surface area (Å²) in [5, 5.41) is 11.6. The average molecular weight is 365 g/mol. The van der Waals surface area contributed by atoms with E-state index in [1.807, 2.05) is 4.68 Å². The van der Waals surface area contributed by atoms with Crippen LogP contribution in [0.15, 0.2) is 4.99 Å². The molecule has 26 heavy (non-hydrogen) atoms. The van der Waals surface area contributed by atoms with Crippen molar-refractivity contribution in [3.05, 3.63) is 11.6 Å². The third kappa shape index (κ3) is 5.43. The van der Waals surface area contributed by atoms with E-state index in [2.05, 4.69) is 62.3 Å². The maximum absolute atomic E-state index is 5.62. The Labute approximate surface area is 158 Å². The first-order valence-corrected chi connectivity index (χ1v) is 9.75. The third-order valence-corrected chi connectivity index (χ3v) is 4.74. The minimum Gasteiger partial charge on any atom is -0.379 e. The normalized spacial score (nSPS) is 19.4. The maximum atomic E-state index is 5.62. The number of guanidine groups is 1. The zero-order valence-electron chi connectivity index (χ0n) is 17.5. The van der Waals surface area contributed by atoms with Gasteiger partial charge < -0.3 is 15.4 Å². The molecule has 2 rings (SSSR count). The van der Waals surface area contributed by atoms with Crippen LogP contribution in [0.2, 0.25) is 0 Å². The van der Waals surface area contributed by atoms with E-state index in [9.17, 15) is 0 Å². The van der Waals surface area contributed by atoms with Crippen LogP contribution in [-0.2, 0) is 17.7 Å². The van der Waals surface area contributed by atoms with Gasteiger partial charge in [-0.25, -0.2) is 9.67 Å². The van der Waals surface area contributed by atoms with Crippen LogP contribution in [0, 0.1) is 5.41 Å². The van der Waals surface area contributed by atoms with Crippen molar-refractivity contribution in [2.24, 2.45) is 10.4 Å². The zero-order valence-corrected chi connectivity index (χ0v) is 17.5. The van der Waals surface area contributed by atoms with Crippen molar-refractivity contribution < 1.29 is 4.74 Å². The Morgan fingerprint density at radius 3 is 2.69 bits per heavy atom. The van der Waals surface area contributed by atoms with Gasteiger partial charge in [0, 0.05) is 32.0 Å². The molecule has 0 fully saturated rings. The Morgan fingerprint density at radius 2 is 2.12 bits per heavy atom. The molecule has 0 bridgehead atoms. The van der Waals surface area contributed by atoms with Gasteiger partial charge in [-0.05, 0) is 18.8 Å². The lowest BCUT2D eigenvalue weighted by Gasteiger charge is -2.29. The second kappa shape index (κ2) is 8.84. The van der Waals surface area contributed by atoms with Crippen molar-refractivity contribution >= 4 is 5.96 Å². The lowest BCUT2D eigenvalue weighted by atomic mass is 9.89. The predicted molar refractivity (Wildman–Crippen MR) is 106 cm³/mol. The van der Waals surface area contributed by atoms with Crippen LogP contribution in [0.1, 0.15) is 65.5 Å². The van der Waals surface area contributed by atoms with E-state index < -0.39 is 0 Å². The van der Waals surface area contributed by atoms with Crippen LogP contribution < -0.4 is 10.6 Å². The lowest BCUT2D eigenvalue weighted by Crippen LogP contribution is -2.47. The molecule has 2 atom stereocenters. The Bertz CT molecular complexity index is 602. The molecule has 148 valence electrons. The van der Waals surface area contributed by atoms with Crippen molar-refractivity contribution in [3.8, 4) is 0 Å². The van der Waals surface area contributed by atoms with Gasteiger partial charge in [0.25, 0.3) is 0 Å². The van der Waals surface area contributed by atoms with Gasteiger partial charge in [0.1, 0.15) is 5.82 Å². The molecule has 0 saturated carbocycles. The van der Waals surface area contributed by atoms with Crippen LogP contribution in [-0.4, -0.2) is 53.1 Å². The molecule has 2 unspecified atom stereocenters. The molecular formula is C19H36N6O. The van der Waals surface area contributed by atoms with Gasteiger partial charge in [-0.15, -0.1) is 0 Å². The number of hydrogen-bond donors (Lipinski definition) is 2. The SMILES string of the molecule is CCNC(=NCC(OC)C(C)(C)C)NC1CCc2nc(C(C)C)nn2C1. The van der Waals surface area contributed by atoms with Gasteiger partial charge in [-0.2, -0.15) is 5.10 Å². The number of ether oxygens (including phenoxy) is 1. The zero-order chi connectivity index (χ0) is 19.3. The molecule has 1 aliphatic rings. The number of fused-ring (bicyclic) bond motifs is 1. The number of aliphatic imine (C=N–C) groups is 1. The topological polar surface area (TPSA) is 76.4 Å². The number of methoxy groups -OCH3 is 1. The summed E-state index contributed by atoms with van der Waals surface area (Å²) < 4.78 is 7.67. The average Bonchev–Trinajstić information content (AvgIpc) is 2.98. The summed E-state index contributed by atoms with van der Waals surface area (Å²) in [5.74, 6) is 3.24. The number of aryl methyl sites for hydroxylation is 1. The monoisotopic (exact) mass is 364 g/mol. The molecule has 0 spiro atoms. The smallest absolute Gasteiger partial charge is 0.191 e. The fourth-order valence-corrected chi connectivity index (χ4v) is 3.08. The van der Waals surface area contributed by atoms with Crippen molar-refractivity contribution in [2.75, 3.05) is 20.2 Å². The lowest BCUT2D eigenvalue weighted by molar-refractivity contribution is 0.0241. The highest BCUT2D eigenvalue weighted by molar-refractivity contribution is 5.80. The number of nitrogens with one attached hydrogen (secondary N) is 2. The molecule has 1 aliphatic heterocycles. The van der Waals surface area contributed by atoms with Crippen molar-refractivity contribution in [2.45, 2.75) is 79.0 Å². The molecule has 0 aromatic carbocycles. The van der Waals surface area contributed by atoms with Crippen molar-refractivity contribution in [1.82, 2.24) is 25.4 Å². The van der Waals surface area contributed by atoms with Gasteiger partial charge in [-0.3, -0.25) is 4.99 Å². The van der Waals surface area contributed by atoms with Crippen molar-refractivity contribution in [3.63, 3.8) is 0 Å². The number of aromatic nitrogens is 3. The highest BCUT2D eigenvalue weighted by Gasteiger charge is 2.25. The van der Waals surface area contributed by atoms with Crippen LogP contribution >= 0.6 is 0 Å². The van der Waals surface area contributed by atoms with E-state index in [-0.39, 0.29) is 11.5 Å². The van der Waals surface area contributed by atoms with Gasteiger partial charge in [0.2, 0.25) is 0 Å². The van der Waals surface area contributed by atoms with Gasteiger partial charge in [0.05, 0.1) is 19.2 Å². The molecule has 1 aromatic heterocycles. The quantitative estimate of drug-likeness (QED) is 0.598. The predicted octanol–water partition coefficient (Wildman–Crippen LogP) is 2.33. The first kappa shape index (κ1) is 20.7. The summed E-state index contributed by atoms with van der Waals surface area (Å²) in [7, 11) is 1.76. The highest BCUT2D eigenvalue weighted by Crippen LogP contribution is 2.22. The fourth-order valence-electron chi connectivity index (χ4n) is 3.08. The molecule has 7 nitrogen and oxygen atoms in total. The van der Waals surface area contributed by atoms with Gasteiger partial charge >= 0.3 is 0 Å². The fraction of sp³-hybridized carbons (Fsp3) is 0.842. The number of nitrogens with zero attached hydrogens (tertiary/aromatic N) is 4. The van der Waals surface area contributed by atoms with Gasteiger partial charge in [-0.1, -0.05) is 34.6 Å². The van der Waals surface area contributed by atoms with E-state index >= 15 is 0 Å². The largest absolute Gasteiger partial charge is 0.379 e. The minimum absolute atomic E-state index is 0.0588. The van der Waals surface area contributed by atoms with E-state index in [1.54, 1.807) is 7.11 Å². The summed E-state index contributed by atoms with van der Waals surface area (Å²) >= 11 is 0. The standard InChI is InChI=1S/C19H36N6O/c1-8-20-18(21-11-15(26-7)19(4,5)6)22-14-9-10-16-23-17(13(2)3)24-25(16)12-14/h13-15H,8-12H2,1-7H3,(H2,20,21,22). The highest BCUT2D eigenvalue weighted by atomic mass is 16.5. The molecule has 2 N–H and O–H groups in total. The van der Waals surface area contributed by atoms with Crippen LogP contribution in [0.4, 0.5) is 0 Å². The van der Waals surface area contributed by atoms with Crippen molar-refractivity contribution in [1.29, 1.82) is 0 Å². The summed E-state index contributed by atoms with van der Waals surface area (Å²) in [5.41, 5.74) is 0.0588. The summed E-state index contributed by atoms with van der Waals surface area (Å²) in [6, 6.07) is 0.303. The maximum Gasteiger partial charge on any atom is 0.191 e. The van der Waals surface area contributed by atoms with E-state index in [0.29, 0.717) is 18.5 Å². The van der Waals surface area contributed by atoms with E-state index in [1.165, 1.54) is 0 Å². The first-order valence-electron chi connectivity index (χ1n) is 9.75. The molecular weight excluding hydrogens is 328 g/mol. The Hall–Kier alpha value is -1.63. The molecule has 2 heterocycles. The Kier molecular flexibility index (Phi) is 7.03. The summed E-state index contributed by atoms with van der Waals surface area (Å²) in [4.78, 5) is 9.42. The number of hydrogen-bond acceptors (Lipinski definition) is 4. The molecule has 0 aliphatic carbocycles. The molecule has 0 radical (unpaired) electrons. The van der Waals surface area contributed by atoms with E-state index in [4.69, 9.17) is 9.73 Å². The van der Waals surface area contributed by atoms with Crippen LogP contribution in [0.25, 0.3) is 0 Å². The summed E-state index contributed by atoms with van der Waals surface area (Å²) in [6.45, 7) is 15.2. The second-order valence-corrected chi connectivity index (χ2v) is 8.41. The third-order valence-electron chi connectivity index (χ3n) is 4.74. The summed E-state index contributed by atoms with van der Waals surface area (Å²) in [6.07, 6.45) is 2.06. The van der Waals surface area contributed by atoms with E-state index in [0.717, 1.165) is 43.5 Å². The van der Waals surface area contributed by atoms with Crippen LogP contribution in [0.5, 0.6) is 0 Å². The van der Waals surface area contributed by atoms with Crippen LogP contribution in [0.3, 0.4) is 0 Å². The first-order chi connectivity index (χ1) is 12.2. The number of rotatable bonds is 6. The molecule has 0 saturated heterocycles. The molecule has 1 aromatic rings. The molecule has 0 amide bonds. The molecule has 7 heteroatoms. The second-order valence-electron chi connectivity index (χ2n) is 8.41. The minimum atomic E-state index is 0.0588.